The zero-order chi connectivity index (χ0) is 21.9. The van der Waals surface area contributed by atoms with Crippen LogP contribution < -0.4 is 4.90 Å². The quantitative estimate of drug-likeness (QED) is 0.604. The maximum absolute atomic E-state index is 12.9. The van der Waals surface area contributed by atoms with Gasteiger partial charge in [0.1, 0.15) is 11.6 Å². The predicted octanol–water partition coefficient (Wildman–Crippen LogP) is 4.39. The van der Waals surface area contributed by atoms with Crippen LogP contribution in [0.1, 0.15) is 59.9 Å². The second-order valence-electron chi connectivity index (χ2n) is 8.78. The molecule has 0 N–H and O–H groups in total. The van der Waals surface area contributed by atoms with Crippen LogP contribution in [-0.2, 0) is 24.3 Å². The Hall–Kier alpha value is -3.12. The van der Waals surface area contributed by atoms with Crippen molar-refractivity contribution in [2.75, 3.05) is 11.4 Å². The molecule has 4 heterocycles. The number of aromatic nitrogens is 3. The van der Waals surface area contributed by atoms with Gasteiger partial charge in [-0.3, -0.25) is 19.6 Å². The average Bonchev–Trinajstić information content (AvgIpc) is 2.82. The monoisotopic (exact) mass is 427 g/mol. The van der Waals surface area contributed by atoms with Crippen LogP contribution in [0, 0.1) is 6.92 Å². The lowest BCUT2D eigenvalue weighted by molar-refractivity contribution is -0.119. The van der Waals surface area contributed by atoms with Gasteiger partial charge in [0.2, 0.25) is 5.91 Å². The lowest BCUT2D eigenvalue weighted by atomic mass is 9.98. The van der Waals surface area contributed by atoms with Crippen molar-refractivity contribution in [2.45, 2.75) is 58.2 Å². The van der Waals surface area contributed by atoms with E-state index in [0.717, 1.165) is 54.4 Å². The number of fused-ring (bicyclic) bond motifs is 1. The number of pyridine rings is 1. The van der Waals surface area contributed by atoms with Crippen molar-refractivity contribution in [1.82, 2.24) is 19.9 Å². The summed E-state index contributed by atoms with van der Waals surface area (Å²) in [5, 5.41) is 0. The van der Waals surface area contributed by atoms with Crippen molar-refractivity contribution in [3.05, 3.63) is 83.1 Å². The molecule has 1 fully saturated rings. The maximum Gasteiger partial charge on any atom is 0.228 e. The van der Waals surface area contributed by atoms with Gasteiger partial charge in [0, 0.05) is 36.6 Å². The highest BCUT2D eigenvalue weighted by Gasteiger charge is 2.32. The standard InChI is InChI=1S/C26H29N5O/c1-19-22-12-13-24(32)31(18-20-8-3-2-4-9-20)26(22)29-25(28-19)23-11-5-6-15-30(23)17-21-10-7-14-27-16-21/h2-4,7-10,14,16,23H,5-6,11-13,15,17-18H2,1H3/t23-/m0/s1. The highest BCUT2D eigenvalue weighted by Crippen LogP contribution is 2.35. The molecule has 164 valence electrons. The van der Waals surface area contributed by atoms with Crippen molar-refractivity contribution in [3.8, 4) is 0 Å². The molecule has 2 aliphatic heterocycles. The zero-order valence-corrected chi connectivity index (χ0v) is 18.6. The van der Waals surface area contributed by atoms with Gasteiger partial charge in [-0.15, -0.1) is 0 Å². The molecule has 3 aromatic rings. The van der Waals surface area contributed by atoms with Gasteiger partial charge >= 0.3 is 0 Å². The number of nitrogens with zero attached hydrogens (tertiary/aromatic N) is 5. The van der Waals surface area contributed by atoms with Gasteiger partial charge < -0.3 is 0 Å². The summed E-state index contributed by atoms with van der Waals surface area (Å²) >= 11 is 0. The lowest BCUT2D eigenvalue weighted by Crippen LogP contribution is -2.38. The molecule has 0 saturated carbocycles. The fourth-order valence-electron chi connectivity index (χ4n) is 4.88. The van der Waals surface area contributed by atoms with E-state index in [1.165, 1.54) is 18.4 Å². The first-order valence-electron chi connectivity index (χ1n) is 11.5. The van der Waals surface area contributed by atoms with E-state index >= 15 is 0 Å². The second kappa shape index (κ2) is 9.17. The first-order valence-corrected chi connectivity index (χ1v) is 11.5. The minimum absolute atomic E-state index is 0.140. The number of hydrogen-bond donors (Lipinski definition) is 0. The molecular formula is C26H29N5O. The molecule has 1 atom stereocenters. The van der Waals surface area contributed by atoms with E-state index < -0.39 is 0 Å². The zero-order valence-electron chi connectivity index (χ0n) is 18.6. The molecule has 0 radical (unpaired) electrons. The third-order valence-corrected chi connectivity index (χ3v) is 6.56. The molecule has 2 aromatic heterocycles. The summed E-state index contributed by atoms with van der Waals surface area (Å²) in [6, 6.07) is 14.4. The van der Waals surface area contributed by atoms with E-state index in [-0.39, 0.29) is 11.9 Å². The van der Waals surface area contributed by atoms with Crippen molar-refractivity contribution in [1.29, 1.82) is 0 Å². The number of piperidine rings is 1. The second-order valence-corrected chi connectivity index (χ2v) is 8.78. The minimum atomic E-state index is 0.140. The third-order valence-electron chi connectivity index (χ3n) is 6.56. The van der Waals surface area contributed by atoms with Crippen molar-refractivity contribution in [2.24, 2.45) is 0 Å². The predicted molar refractivity (Wildman–Crippen MR) is 124 cm³/mol. The molecule has 0 unspecified atom stereocenters. The molecule has 6 heteroatoms. The summed E-state index contributed by atoms with van der Waals surface area (Å²) in [5.41, 5.74) is 4.43. The number of hydrogen-bond acceptors (Lipinski definition) is 5. The summed E-state index contributed by atoms with van der Waals surface area (Å²) in [4.78, 5) is 31.5. The number of likely N-dealkylation sites (tertiary alicyclic amines) is 1. The molecule has 32 heavy (non-hydrogen) atoms. The Kier molecular flexibility index (Phi) is 5.95. The van der Waals surface area contributed by atoms with Crippen LogP contribution in [0.25, 0.3) is 0 Å². The van der Waals surface area contributed by atoms with Crippen LogP contribution >= 0.6 is 0 Å². The van der Waals surface area contributed by atoms with E-state index in [9.17, 15) is 4.79 Å². The molecule has 1 saturated heterocycles. The Morgan fingerprint density at radius 3 is 2.62 bits per heavy atom. The summed E-state index contributed by atoms with van der Waals surface area (Å²) in [5.74, 6) is 1.79. The number of carbonyl (C=O) groups excluding carboxylic acids is 1. The summed E-state index contributed by atoms with van der Waals surface area (Å²) in [6.07, 6.45) is 8.36. The number of benzene rings is 1. The van der Waals surface area contributed by atoms with Gasteiger partial charge in [-0.25, -0.2) is 9.97 Å². The molecule has 1 amide bonds. The maximum atomic E-state index is 12.9. The number of aryl methyl sites for hydroxylation is 1. The topological polar surface area (TPSA) is 62.2 Å². The summed E-state index contributed by atoms with van der Waals surface area (Å²) in [6.45, 7) is 4.47. The normalized spacial score (nSPS) is 19.1. The van der Waals surface area contributed by atoms with Gasteiger partial charge in [0.25, 0.3) is 0 Å². The highest BCUT2D eigenvalue weighted by atomic mass is 16.2. The van der Waals surface area contributed by atoms with Crippen LogP contribution in [0.4, 0.5) is 5.82 Å². The Balaban J connectivity index is 1.48. The van der Waals surface area contributed by atoms with E-state index in [0.29, 0.717) is 13.0 Å². The van der Waals surface area contributed by atoms with Crippen LogP contribution in [0.15, 0.2) is 54.9 Å². The van der Waals surface area contributed by atoms with Crippen molar-refractivity contribution >= 4 is 11.7 Å². The van der Waals surface area contributed by atoms with E-state index in [2.05, 4.69) is 35.0 Å². The molecule has 6 nitrogen and oxygen atoms in total. The smallest absolute Gasteiger partial charge is 0.228 e. The Labute approximate surface area is 189 Å². The van der Waals surface area contributed by atoms with Crippen LogP contribution in [-0.4, -0.2) is 32.3 Å². The molecular weight excluding hydrogens is 398 g/mol. The van der Waals surface area contributed by atoms with Crippen LogP contribution in [0.2, 0.25) is 0 Å². The van der Waals surface area contributed by atoms with E-state index in [1.807, 2.05) is 41.6 Å². The third kappa shape index (κ3) is 4.28. The highest BCUT2D eigenvalue weighted by molar-refractivity contribution is 5.95. The van der Waals surface area contributed by atoms with Gasteiger partial charge in [-0.05, 0) is 49.9 Å². The first-order chi connectivity index (χ1) is 15.7. The Bertz CT molecular complexity index is 1090. The molecule has 0 bridgehead atoms. The number of amides is 1. The van der Waals surface area contributed by atoms with Crippen molar-refractivity contribution in [3.63, 3.8) is 0 Å². The number of rotatable bonds is 5. The fraction of sp³-hybridized carbons (Fsp3) is 0.385. The fourth-order valence-corrected chi connectivity index (χ4v) is 4.88. The van der Waals surface area contributed by atoms with Crippen molar-refractivity contribution < 1.29 is 4.79 Å². The molecule has 5 rings (SSSR count). The largest absolute Gasteiger partial charge is 0.292 e. The number of anilines is 1. The van der Waals surface area contributed by atoms with Crippen LogP contribution in [0.5, 0.6) is 0 Å². The first kappa shape index (κ1) is 20.8. The Morgan fingerprint density at radius 1 is 0.969 bits per heavy atom. The van der Waals surface area contributed by atoms with Gasteiger partial charge in [0.05, 0.1) is 12.6 Å². The minimum Gasteiger partial charge on any atom is -0.292 e. The number of carbonyl (C=O) groups is 1. The van der Waals surface area contributed by atoms with E-state index in [1.54, 1.807) is 0 Å². The molecule has 0 aliphatic carbocycles. The molecule has 0 spiro atoms. The van der Waals surface area contributed by atoms with Gasteiger partial charge in [-0.2, -0.15) is 0 Å². The van der Waals surface area contributed by atoms with Crippen LogP contribution in [0.3, 0.4) is 0 Å². The SMILES string of the molecule is Cc1nc([C@@H]2CCCCN2Cc2cccnc2)nc2c1CCC(=O)N2Cc1ccccc1. The molecule has 1 aromatic carbocycles. The van der Waals surface area contributed by atoms with E-state index in [4.69, 9.17) is 9.97 Å². The lowest BCUT2D eigenvalue weighted by Gasteiger charge is -2.36. The summed E-state index contributed by atoms with van der Waals surface area (Å²) in [7, 11) is 0. The average molecular weight is 428 g/mol. The van der Waals surface area contributed by atoms with Gasteiger partial charge in [-0.1, -0.05) is 42.8 Å². The molecule has 2 aliphatic rings. The summed E-state index contributed by atoms with van der Waals surface area (Å²) < 4.78 is 0. The Morgan fingerprint density at radius 2 is 1.81 bits per heavy atom. The van der Waals surface area contributed by atoms with Gasteiger partial charge in [0.15, 0.2) is 0 Å².